The van der Waals surface area contributed by atoms with E-state index in [1.165, 1.54) is 12.8 Å². The highest BCUT2D eigenvalue weighted by Crippen LogP contribution is 2.35. The Balaban J connectivity index is 1.34. The maximum absolute atomic E-state index is 12.2. The van der Waals surface area contributed by atoms with Crippen LogP contribution in [0.3, 0.4) is 0 Å². The molecule has 0 unspecified atom stereocenters. The highest BCUT2D eigenvalue weighted by atomic mass is 16.1. The van der Waals surface area contributed by atoms with Crippen molar-refractivity contribution in [1.29, 1.82) is 0 Å². The molecule has 0 amide bonds. The number of nitrogens with zero attached hydrogens (tertiary/aromatic N) is 6. The van der Waals surface area contributed by atoms with Crippen molar-refractivity contribution in [1.82, 2.24) is 29.4 Å². The van der Waals surface area contributed by atoms with Crippen LogP contribution in [0, 0.1) is 5.92 Å². The van der Waals surface area contributed by atoms with Crippen molar-refractivity contribution >= 4 is 0 Å². The van der Waals surface area contributed by atoms with Gasteiger partial charge in [0.25, 0.3) is 5.56 Å². The fraction of sp³-hybridized carbons (Fsp3) is 0.700. The minimum Gasteiger partial charge on any atom is -0.313 e. The number of hydrogen-bond donors (Lipinski definition) is 0. The van der Waals surface area contributed by atoms with Gasteiger partial charge in [0.1, 0.15) is 12.2 Å². The van der Waals surface area contributed by atoms with E-state index in [2.05, 4.69) is 45.5 Å². The van der Waals surface area contributed by atoms with E-state index in [1.54, 1.807) is 10.7 Å². The lowest BCUT2D eigenvalue weighted by Crippen LogP contribution is -2.37. The fourth-order valence-corrected chi connectivity index (χ4v) is 3.79. The molecule has 2 fully saturated rings. The van der Waals surface area contributed by atoms with Gasteiger partial charge in [-0.25, -0.2) is 4.68 Å². The molecule has 7 heteroatoms. The summed E-state index contributed by atoms with van der Waals surface area (Å²) in [6, 6.07) is 4.14. The van der Waals surface area contributed by atoms with E-state index in [1.807, 2.05) is 12.4 Å². The quantitative estimate of drug-likeness (QED) is 0.808. The zero-order valence-corrected chi connectivity index (χ0v) is 16.6. The van der Waals surface area contributed by atoms with Crippen molar-refractivity contribution in [2.75, 3.05) is 13.1 Å². The molecule has 1 saturated carbocycles. The first-order valence-corrected chi connectivity index (χ1v) is 10.1. The average Bonchev–Trinajstić information content (AvgIpc) is 3.37. The minimum atomic E-state index is -0.0453. The van der Waals surface area contributed by atoms with Crippen molar-refractivity contribution < 1.29 is 0 Å². The van der Waals surface area contributed by atoms with Gasteiger partial charge >= 0.3 is 0 Å². The normalized spacial score (nSPS) is 19.5. The third kappa shape index (κ3) is 4.29. The highest BCUT2D eigenvalue weighted by molar-refractivity contribution is 5.10. The molecule has 0 spiro atoms. The van der Waals surface area contributed by atoms with Crippen LogP contribution in [0.1, 0.15) is 64.0 Å². The van der Waals surface area contributed by atoms with Crippen molar-refractivity contribution in [3.8, 4) is 0 Å². The third-order valence-electron chi connectivity index (χ3n) is 5.73. The van der Waals surface area contributed by atoms with E-state index in [0.29, 0.717) is 12.0 Å². The summed E-state index contributed by atoms with van der Waals surface area (Å²) < 4.78 is 3.91. The van der Waals surface area contributed by atoms with Crippen molar-refractivity contribution in [2.45, 2.75) is 71.0 Å². The van der Waals surface area contributed by atoms with E-state index < -0.39 is 0 Å². The van der Waals surface area contributed by atoms with E-state index in [4.69, 9.17) is 0 Å². The van der Waals surface area contributed by atoms with Crippen LogP contribution in [0.25, 0.3) is 0 Å². The Morgan fingerprint density at radius 3 is 2.52 bits per heavy atom. The molecule has 2 aromatic heterocycles. The third-order valence-corrected chi connectivity index (χ3v) is 5.73. The summed E-state index contributed by atoms with van der Waals surface area (Å²) in [5, 5.41) is 13.0. The summed E-state index contributed by atoms with van der Waals surface area (Å²) in [6.07, 6.45) is 6.56. The van der Waals surface area contributed by atoms with E-state index in [9.17, 15) is 4.79 Å². The maximum atomic E-state index is 12.2. The van der Waals surface area contributed by atoms with Crippen LogP contribution in [-0.2, 0) is 18.5 Å². The van der Waals surface area contributed by atoms with Crippen molar-refractivity contribution in [3.63, 3.8) is 0 Å². The van der Waals surface area contributed by atoms with Crippen LogP contribution in [0.2, 0.25) is 0 Å². The number of hydrogen-bond acceptors (Lipinski definition) is 5. The van der Waals surface area contributed by atoms with Crippen LogP contribution < -0.4 is 5.56 Å². The van der Waals surface area contributed by atoms with Crippen LogP contribution in [0.5, 0.6) is 0 Å². The monoisotopic (exact) mass is 370 g/mol. The van der Waals surface area contributed by atoms with Crippen LogP contribution in [0.15, 0.2) is 23.3 Å². The number of rotatable bonds is 5. The molecule has 7 nitrogen and oxygen atoms in total. The van der Waals surface area contributed by atoms with Gasteiger partial charge in [-0.2, -0.15) is 5.10 Å². The summed E-state index contributed by atoms with van der Waals surface area (Å²) in [6.45, 7) is 10.1. The highest BCUT2D eigenvalue weighted by Gasteiger charge is 2.28. The van der Waals surface area contributed by atoms with Crippen LogP contribution in [0.4, 0.5) is 0 Å². The second kappa shape index (κ2) is 7.19. The summed E-state index contributed by atoms with van der Waals surface area (Å²) in [5.74, 6) is 1.59. The molecule has 2 aromatic rings. The fourth-order valence-electron chi connectivity index (χ4n) is 3.79. The molecule has 1 aliphatic heterocycles. The summed E-state index contributed by atoms with van der Waals surface area (Å²) in [7, 11) is 0. The maximum Gasteiger partial charge on any atom is 0.266 e. The molecule has 1 saturated heterocycles. The van der Waals surface area contributed by atoms with Gasteiger partial charge in [-0.05, 0) is 50.8 Å². The summed E-state index contributed by atoms with van der Waals surface area (Å²) in [5.41, 5.74) is 0.929. The van der Waals surface area contributed by atoms with Gasteiger partial charge in [0, 0.05) is 24.1 Å². The zero-order valence-electron chi connectivity index (χ0n) is 16.6. The standard InChI is InChI=1S/C20H30N6O/c1-20(2,3)17-6-7-19(27)26(23-17)12-15-8-10-24(11-9-15)13-18-22-21-14-25(18)16-4-5-16/h6-7,14-16H,4-5,8-13H2,1-3H3. The van der Waals surface area contributed by atoms with Crippen molar-refractivity contribution in [2.24, 2.45) is 5.92 Å². The number of piperidine rings is 1. The Morgan fingerprint density at radius 1 is 1.11 bits per heavy atom. The van der Waals surface area contributed by atoms with Crippen LogP contribution >= 0.6 is 0 Å². The molecular formula is C20H30N6O. The predicted octanol–water partition coefficient (Wildman–Crippen LogP) is 2.38. The van der Waals surface area contributed by atoms with Gasteiger partial charge in [0.15, 0.2) is 0 Å². The van der Waals surface area contributed by atoms with Crippen LogP contribution in [-0.4, -0.2) is 42.5 Å². The largest absolute Gasteiger partial charge is 0.313 e. The Bertz CT molecular complexity index is 837. The Morgan fingerprint density at radius 2 is 1.85 bits per heavy atom. The minimum absolute atomic E-state index is 0.00275. The van der Waals surface area contributed by atoms with Gasteiger partial charge in [-0.15, -0.1) is 10.2 Å². The van der Waals surface area contributed by atoms with Gasteiger partial charge in [0.2, 0.25) is 0 Å². The first kappa shape index (κ1) is 18.3. The molecule has 0 bridgehead atoms. The smallest absolute Gasteiger partial charge is 0.266 e. The first-order chi connectivity index (χ1) is 12.9. The SMILES string of the molecule is CC(C)(C)c1ccc(=O)n(CC2CCN(Cc3nncn3C3CC3)CC2)n1. The molecule has 0 radical (unpaired) electrons. The lowest BCUT2D eigenvalue weighted by molar-refractivity contribution is 0.158. The molecule has 1 aliphatic carbocycles. The second-order valence-corrected chi connectivity index (χ2v) is 9.09. The van der Waals surface area contributed by atoms with E-state index in [-0.39, 0.29) is 11.0 Å². The average molecular weight is 371 g/mol. The summed E-state index contributed by atoms with van der Waals surface area (Å²) in [4.78, 5) is 14.7. The molecule has 3 heterocycles. The molecule has 27 heavy (non-hydrogen) atoms. The molecular weight excluding hydrogens is 340 g/mol. The Hall–Kier alpha value is -2.02. The number of aromatic nitrogens is 5. The lowest BCUT2D eigenvalue weighted by atomic mass is 9.92. The van der Waals surface area contributed by atoms with Crippen molar-refractivity contribution in [3.05, 3.63) is 40.3 Å². The Kier molecular flexibility index (Phi) is 4.88. The zero-order chi connectivity index (χ0) is 19.0. The lowest BCUT2D eigenvalue weighted by Gasteiger charge is -2.31. The first-order valence-electron chi connectivity index (χ1n) is 10.1. The van der Waals surface area contributed by atoms with Gasteiger partial charge in [0.05, 0.1) is 12.2 Å². The van der Waals surface area contributed by atoms with E-state index in [0.717, 1.165) is 50.5 Å². The Labute approximate surface area is 160 Å². The second-order valence-electron chi connectivity index (χ2n) is 9.09. The molecule has 0 N–H and O–H groups in total. The topological polar surface area (TPSA) is 68.8 Å². The van der Waals surface area contributed by atoms with Gasteiger partial charge in [-0.3, -0.25) is 9.69 Å². The molecule has 2 aliphatic rings. The molecule has 4 rings (SSSR count). The molecule has 0 atom stereocenters. The van der Waals surface area contributed by atoms with E-state index >= 15 is 0 Å². The molecule has 146 valence electrons. The molecule has 0 aromatic carbocycles. The summed E-state index contributed by atoms with van der Waals surface area (Å²) >= 11 is 0. The predicted molar refractivity (Wildman–Crippen MR) is 103 cm³/mol. The van der Waals surface area contributed by atoms with Gasteiger partial charge < -0.3 is 4.57 Å². The van der Waals surface area contributed by atoms with Gasteiger partial charge in [-0.1, -0.05) is 20.8 Å². The number of likely N-dealkylation sites (tertiary alicyclic amines) is 1.